The number of carboxylic acid groups (broad SMARTS) is 1. The number of aromatic nitrogens is 5. The Morgan fingerprint density at radius 3 is 2.77 bits per heavy atom. The van der Waals surface area contributed by atoms with Gasteiger partial charge in [-0.2, -0.15) is 4.80 Å². The third-order valence-electron chi connectivity index (χ3n) is 5.02. The number of aliphatic carboxylic acids is 1. The van der Waals surface area contributed by atoms with Crippen molar-refractivity contribution in [3.05, 3.63) is 40.4 Å². The number of benzene rings is 1. The smallest absolute Gasteiger partial charge is 0.327 e. The van der Waals surface area contributed by atoms with Gasteiger partial charge in [-0.15, -0.1) is 10.2 Å². The fourth-order valence-electron chi connectivity index (χ4n) is 3.47. The van der Waals surface area contributed by atoms with Gasteiger partial charge in [-0.1, -0.05) is 28.4 Å². The van der Waals surface area contributed by atoms with Crippen LogP contribution in [0.3, 0.4) is 0 Å². The first kappa shape index (κ1) is 20.0. The molecule has 0 aliphatic carbocycles. The van der Waals surface area contributed by atoms with Crippen LogP contribution in [0.4, 0.5) is 5.82 Å². The van der Waals surface area contributed by atoms with Crippen molar-refractivity contribution in [2.45, 2.75) is 26.3 Å². The third-order valence-corrected chi connectivity index (χ3v) is 5.35. The number of nitrogens with zero attached hydrogens (tertiary/aromatic N) is 6. The third kappa shape index (κ3) is 4.18. The Labute approximate surface area is 176 Å². The van der Waals surface area contributed by atoms with Crippen molar-refractivity contribution in [2.75, 3.05) is 18.0 Å². The average Bonchev–Trinajstić information content (AvgIpc) is 3.38. The minimum atomic E-state index is -1.07. The number of Topliss-reactive ketones (excluding diaryl/α,β-unsaturated/α-hetero) is 1. The van der Waals surface area contributed by atoms with Crippen LogP contribution in [0.15, 0.2) is 28.8 Å². The summed E-state index contributed by atoms with van der Waals surface area (Å²) in [6, 6.07) is 7.17. The summed E-state index contributed by atoms with van der Waals surface area (Å²) in [4.78, 5) is 26.6. The van der Waals surface area contributed by atoms with Crippen molar-refractivity contribution >= 4 is 29.2 Å². The van der Waals surface area contributed by atoms with Crippen molar-refractivity contribution in [1.82, 2.24) is 25.4 Å². The minimum absolute atomic E-state index is 0.0726. The van der Waals surface area contributed by atoms with E-state index < -0.39 is 5.97 Å². The van der Waals surface area contributed by atoms with E-state index in [1.807, 2.05) is 24.0 Å². The first-order valence-electron chi connectivity index (χ1n) is 9.42. The Kier molecular flexibility index (Phi) is 5.49. The summed E-state index contributed by atoms with van der Waals surface area (Å²) in [7, 11) is 0. The Bertz CT molecular complexity index is 1090. The number of rotatable bonds is 6. The molecule has 0 atom stereocenters. The van der Waals surface area contributed by atoms with Crippen LogP contribution < -0.4 is 4.90 Å². The van der Waals surface area contributed by atoms with Gasteiger partial charge < -0.3 is 14.5 Å². The summed E-state index contributed by atoms with van der Waals surface area (Å²) in [5.74, 6) is -0.0193. The molecule has 4 rings (SSSR count). The van der Waals surface area contributed by atoms with Crippen LogP contribution in [0.2, 0.25) is 5.02 Å². The lowest BCUT2D eigenvalue weighted by atomic mass is 9.88. The predicted octanol–water partition coefficient (Wildman–Crippen LogP) is 2.47. The highest BCUT2D eigenvalue weighted by molar-refractivity contribution is 6.34. The van der Waals surface area contributed by atoms with Crippen LogP contribution in [-0.2, 0) is 11.3 Å². The molecule has 1 aliphatic rings. The highest BCUT2D eigenvalue weighted by atomic mass is 35.5. The molecule has 1 N–H and O–H groups in total. The van der Waals surface area contributed by atoms with E-state index in [4.69, 9.17) is 21.2 Å². The zero-order valence-electron chi connectivity index (χ0n) is 16.2. The minimum Gasteiger partial charge on any atom is -0.480 e. The quantitative estimate of drug-likeness (QED) is 0.586. The standard InChI is InChI=1S/C19H19ClN6O4/c1-11-2-3-14(20)13(8-11)18(29)12-4-6-25(7-5-12)16-9-15(30-23-16)19-21-24-26(22-19)10-17(27)28/h2-3,8-9,12H,4-7,10H2,1H3,(H,27,28). The zero-order valence-corrected chi connectivity index (χ0v) is 16.9. The molecule has 0 saturated carbocycles. The lowest BCUT2D eigenvalue weighted by Gasteiger charge is -2.31. The molecule has 0 amide bonds. The molecule has 11 heteroatoms. The van der Waals surface area contributed by atoms with Gasteiger partial charge in [0, 0.05) is 30.6 Å². The number of hydrogen-bond acceptors (Lipinski definition) is 8. The van der Waals surface area contributed by atoms with Gasteiger partial charge >= 0.3 is 5.97 Å². The highest BCUT2D eigenvalue weighted by Gasteiger charge is 2.28. The number of aryl methyl sites for hydroxylation is 1. The molecule has 2 aromatic heterocycles. The summed E-state index contributed by atoms with van der Waals surface area (Å²) in [5, 5.41) is 24.7. The second-order valence-corrected chi connectivity index (χ2v) is 7.60. The van der Waals surface area contributed by atoms with Crippen molar-refractivity contribution in [1.29, 1.82) is 0 Å². The maximum absolute atomic E-state index is 12.9. The van der Waals surface area contributed by atoms with Gasteiger partial charge in [0.25, 0.3) is 0 Å². The van der Waals surface area contributed by atoms with Gasteiger partial charge in [0.2, 0.25) is 11.6 Å². The van der Waals surface area contributed by atoms with Crippen molar-refractivity contribution in [3.63, 3.8) is 0 Å². The summed E-state index contributed by atoms with van der Waals surface area (Å²) >= 11 is 6.22. The molecule has 1 saturated heterocycles. The van der Waals surface area contributed by atoms with Crippen LogP contribution in [0.25, 0.3) is 11.6 Å². The summed E-state index contributed by atoms with van der Waals surface area (Å²) in [5.41, 5.74) is 1.58. The van der Waals surface area contributed by atoms with Gasteiger partial charge in [0.15, 0.2) is 18.1 Å². The van der Waals surface area contributed by atoms with Crippen LogP contribution in [0, 0.1) is 12.8 Å². The number of ketones is 1. The first-order valence-corrected chi connectivity index (χ1v) is 9.80. The molecule has 1 aliphatic heterocycles. The Morgan fingerprint density at radius 2 is 2.03 bits per heavy atom. The van der Waals surface area contributed by atoms with E-state index in [-0.39, 0.29) is 24.1 Å². The topological polar surface area (TPSA) is 127 Å². The van der Waals surface area contributed by atoms with E-state index in [0.29, 0.717) is 48.1 Å². The highest BCUT2D eigenvalue weighted by Crippen LogP contribution is 2.29. The maximum Gasteiger partial charge on any atom is 0.327 e. The monoisotopic (exact) mass is 430 g/mol. The molecule has 0 spiro atoms. The molecule has 0 bridgehead atoms. The predicted molar refractivity (Wildman–Crippen MR) is 106 cm³/mol. The second-order valence-electron chi connectivity index (χ2n) is 7.20. The summed E-state index contributed by atoms with van der Waals surface area (Å²) < 4.78 is 5.29. The van der Waals surface area contributed by atoms with E-state index in [1.165, 1.54) is 0 Å². The molecular formula is C19H19ClN6O4. The molecule has 0 radical (unpaired) electrons. The largest absolute Gasteiger partial charge is 0.480 e. The normalized spacial score (nSPS) is 14.8. The van der Waals surface area contributed by atoms with E-state index >= 15 is 0 Å². The average molecular weight is 431 g/mol. The van der Waals surface area contributed by atoms with Gasteiger partial charge in [0.1, 0.15) is 0 Å². The Balaban J connectivity index is 1.40. The van der Waals surface area contributed by atoms with E-state index in [0.717, 1.165) is 10.4 Å². The molecule has 1 aromatic carbocycles. The number of anilines is 1. The van der Waals surface area contributed by atoms with Gasteiger partial charge in [-0.25, -0.2) is 0 Å². The Morgan fingerprint density at radius 1 is 1.27 bits per heavy atom. The SMILES string of the molecule is Cc1ccc(Cl)c(C(=O)C2CCN(c3cc(-c4nnn(CC(=O)O)n4)on3)CC2)c1. The molecule has 3 aromatic rings. The van der Waals surface area contributed by atoms with E-state index in [2.05, 4.69) is 20.6 Å². The second kappa shape index (κ2) is 8.23. The van der Waals surface area contributed by atoms with Crippen LogP contribution in [0.1, 0.15) is 28.8 Å². The number of carbonyl (C=O) groups is 2. The molecular weight excluding hydrogens is 412 g/mol. The van der Waals surface area contributed by atoms with Crippen molar-refractivity contribution in [3.8, 4) is 11.6 Å². The fraction of sp³-hybridized carbons (Fsp3) is 0.368. The van der Waals surface area contributed by atoms with Gasteiger partial charge in [-0.05, 0) is 37.1 Å². The zero-order chi connectivity index (χ0) is 21.3. The van der Waals surface area contributed by atoms with Crippen molar-refractivity contribution in [2.24, 2.45) is 5.92 Å². The van der Waals surface area contributed by atoms with Crippen LogP contribution in [-0.4, -0.2) is 55.3 Å². The fourth-order valence-corrected chi connectivity index (χ4v) is 3.68. The maximum atomic E-state index is 12.9. The van der Waals surface area contributed by atoms with E-state index in [9.17, 15) is 9.59 Å². The molecule has 156 valence electrons. The number of carbonyl (C=O) groups excluding carboxylic acids is 1. The lowest BCUT2D eigenvalue weighted by Crippen LogP contribution is -2.36. The van der Waals surface area contributed by atoms with Crippen LogP contribution >= 0.6 is 11.6 Å². The first-order chi connectivity index (χ1) is 14.4. The molecule has 0 unspecified atom stereocenters. The number of piperidine rings is 1. The molecule has 10 nitrogen and oxygen atoms in total. The number of carboxylic acids is 1. The number of tetrazole rings is 1. The van der Waals surface area contributed by atoms with E-state index in [1.54, 1.807) is 12.1 Å². The van der Waals surface area contributed by atoms with Gasteiger partial charge in [0.05, 0.1) is 5.02 Å². The van der Waals surface area contributed by atoms with Crippen LogP contribution in [0.5, 0.6) is 0 Å². The van der Waals surface area contributed by atoms with Gasteiger partial charge in [-0.3, -0.25) is 9.59 Å². The van der Waals surface area contributed by atoms with Crippen molar-refractivity contribution < 1.29 is 19.2 Å². The Hall–Kier alpha value is -3.27. The summed E-state index contributed by atoms with van der Waals surface area (Å²) in [6.45, 7) is 2.84. The lowest BCUT2D eigenvalue weighted by molar-refractivity contribution is -0.138. The number of halogens is 1. The molecule has 30 heavy (non-hydrogen) atoms. The molecule has 3 heterocycles. The summed E-state index contributed by atoms with van der Waals surface area (Å²) in [6.07, 6.45) is 1.36. The molecule has 1 fully saturated rings. The number of hydrogen-bond donors (Lipinski definition) is 1.